The van der Waals surface area contributed by atoms with Crippen LogP contribution in [0, 0.1) is 11.3 Å². The Morgan fingerprint density at radius 3 is 2.59 bits per heavy atom. The van der Waals surface area contributed by atoms with Gasteiger partial charge in [-0.1, -0.05) is 12.8 Å². The fourth-order valence-corrected chi connectivity index (χ4v) is 3.32. The SMILES string of the molecule is CC1CCN(C2CCCC2)CC(CC#N)N1C. The topological polar surface area (TPSA) is 30.3 Å². The first kappa shape index (κ1) is 12.9. The number of hydrogen-bond donors (Lipinski definition) is 0. The van der Waals surface area contributed by atoms with Crippen LogP contribution < -0.4 is 0 Å². The van der Waals surface area contributed by atoms with Crippen LogP contribution in [0.2, 0.25) is 0 Å². The molecule has 1 saturated carbocycles. The lowest BCUT2D eigenvalue weighted by molar-refractivity contribution is 0.155. The molecular formula is C14H25N3. The number of likely N-dealkylation sites (N-methyl/N-ethyl adjacent to an activating group) is 1. The maximum atomic E-state index is 8.97. The number of nitrogens with zero attached hydrogens (tertiary/aromatic N) is 3. The van der Waals surface area contributed by atoms with E-state index < -0.39 is 0 Å². The molecule has 1 saturated heterocycles. The van der Waals surface area contributed by atoms with Gasteiger partial charge in [0.1, 0.15) is 0 Å². The molecule has 0 spiro atoms. The van der Waals surface area contributed by atoms with Gasteiger partial charge in [-0.3, -0.25) is 9.80 Å². The Labute approximate surface area is 105 Å². The van der Waals surface area contributed by atoms with Crippen LogP contribution in [-0.4, -0.2) is 48.1 Å². The molecule has 0 aromatic carbocycles. The molecule has 0 aromatic rings. The summed E-state index contributed by atoms with van der Waals surface area (Å²) in [4.78, 5) is 5.08. The van der Waals surface area contributed by atoms with Crippen LogP contribution >= 0.6 is 0 Å². The van der Waals surface area contributed by atoms with Crippen LogP contribution in [0.5, 0.6) is 0 Å². The molecule has 0 bridgehead atoms. The van der Waals surface area contributed by atoms with E-state index in [1.165, 1.54) is 38.6 Å². The molecule has 3 heteroatoms. The molecule has 0 aromatic heterocycles. The van der Waals surface area contributed by atoms with Gasteiger partial charge < -0.3 is 0 Å². The number of rotatable bonds is 2. The predicted molar refractivity (Wildman–Crippen MR) is 69.7 cm³/mol. The van der Waals surface area contributed by atoms with E-state index in [1.54, 1.807) is 0 Å². The van der Waals surface area contributed by atoms with Crippen molar-refractivity contribution in [1.82, 2.24) is 9.80 Å². The summed E-state index contributed by atoms with van der Waals surface area (Å²) in [5, 5.41) is 8.97. The summed E-state index contributed by atoms with van der Waals surface area (Å²) in [5.41, 5.74) is 0. The lowest BCUT2D eigenvalue weighted by Crippen LogP contribution is -2.43. The normalized spacial score (nSPS) is 33.5. The van der Waals surface area contributed by atoms with Gasteiger partial charge in [-0.05, 0) is 39.8 Å². The van der Waals surface area contributed by atoms with Crippen molar-refractivity contribution in [3.63, 3.8) is 0 Å². The third-order valence-corrected chi connectivity index (χ3v) is 4.72. The van der Waals surface area contributed by atoms with Gasteiger partial charge in [-0.15, -0.1) is 0 Å². The highest BCUT2D eigenvalue weighted by molar-refractivity contribution is 4.91. The van der Waals surface area contributed by atoms with Gasteiger partial charge in [-0.2, -0.15) is 5.26 Å². The zero-order valence-corrected chi connectivity index (χ0v) is 11.2. The summed E-state index contributed by atoms with van der Waals surface area (Å²) in [6.45, 7) is 4.61. The Morgan fingerprint density at radius 2 is 1.94 bits per heavy atom. The maximum absolute atomic E-state index is 8.97. The second kappa shape index (κ2) is 5.84. The molecule has 96 valence electrons. The third-order valence-electron chi connectivity index (χ3n) is 4.72. The summed E-state index contributed by atoms with van der Waals surface area (Å²) in [7, 11) is 2.19. The highest BCUT2D eigenvalue weighted by Crippen LogP contribution is 2.27. The van der Waals surface area contributed by atoms with E-state index in [9.17, 15) is 0 Å². The van der Waals surface area contributed by atoms with E-state index in [2.05, 4.69) is 29.8 Å². The average Bonchev–Trinajstić information content (AvgIpc) is 2.81. The minimum absolute atomic E-state index is 0.429. The second-order valence-electron chi connectivity index (χ2n) is 5.75. The van der Waals surface area contributed by atoms with Crippen molar-refractivity contribution in [2.75, 3.05) is 20.1 Å². The number of nitriles is 1. The van der Waals surface area contributed by atoms with Gasteiger partial charge in [0, 0.05) is 24.7 Å². The quantitative estimate of drug-likeness (QED) is 0.735. The first-order valence-corrected chi connectivity index (χ1v) is 7.05. The first-order valence-electron chi connectivity index (χ1n) is 7.05. The Balaban J connectivity index is 2.02. The summed E-state index contributed by atoms with van der Waals surface area (Å²) >= 11 is 0. The molecule has 2 rings (SSSR count). The smallest absolute Gasteiger partial charge is 0.0638 e. The van der Waals surface area contributed by atoms with E-state index in [0.29, 0.717) is 18.5 Å². The van der Waals surface area contributed by atoms with Gasteiger partial charge in [0.15, 0.2) is 0 Å². The van der Waals surface area contributed by atoms with Crippen molar-refractivity contribution in [2.45, 2.75) is 63.6 Å². The van der Waals surface area contributed by atoms with E-state index in [1.807, 2.05) is 0 Å². The van der Waals surface area contributed by atoms with Crippen LogP contribution in [-0.2, 0) is 0 Å². The minimum Gasteiger partial charge on any atom is -0.299 e. The Bertz CT molecular complexity index is 278. The molecule has 17 heavy (non-hydrogen) atoms. The highest BCUT2D eigenvalue weighted by Gasteiger charge is 2.31. The Hall–Kier alpha value is -0.590. The van der Waals surface area contributed by atoms with Gasteiger partial charge in [0.25, 0.3) is 0 Å². The molecule has 1 aliphatic carbocycles. The van der Waals surface area contributed by atoms with Gasteiger partial charge in [-0.25, -0.2) is 0 Å². The molecular weight excluding hydrogens is 210 g/mol. The van der Waals surface area contributed by atoms with Crippen LogP contribution in [0.15, 0.2) is 0 Å². The van der Waals surface area contributed by atoms with Gasteiger partial charge in [0.2, 0.25) is 0 Å². The highest BCUT2D eigenvalue weighted by atomic mass is 15.3. The molecule has 1 heterocycles. The number of hydrogen-bond acceptors (Lipinski definition) is 3. The molecule has 2 fully saturated rings. The van der Waals surface area contributed by atoms with Crippen molar-refractivity contribution in [3.05, 3.63) is 0 Å². The minimum atomic E-state index is 0.429. The molecule has 3 nitrogen and oxygen atoms in total. The van der Waals surface area contributed by atoms with Crippen molar-refractivity contribution < 1.29 is 0 Å². The van der Waals surface area contributed by atoms with E-state index in [-0.39, 0.29) is 0 Å². The van der Waals surface area contributed by atoms with E-state index in [4.69, 9.17) is 5.26 Å². The van der Waals surface area contributed by atoms with Gasteiger partial charge in [0.05, 0.1) is 12.5 Å². The Morgan fingerprint density at radius 1 is 1.24 bits per heavy atom. The van der Waals surface area contributed by atoms with Crippen molar-refractivity contribution in [3.8, 4) is 6.07 Å². The summed E-state index contributed by atoms with van der Waals surface area (Å²) in [6, 6.07) is 4.20. The van der Waals surface area contributed by atoms with Crippen molar-refractivity contribution in [2.24, 2.45) is 0 Å². The molecule has 0 amide bonds. The van der Waals surface area contributed by atoms with Crippen molar-refractivity contribution >= 4 is 0 Å². The Kier molecular flexibility index (Phi) is 4.42. The summed E-state index contributed by atoms with van der Waals surface area (Å²) in [6.07, 6.45) is 7.46. The molecule has 1 aliphatic heterocycles. The fourth-order valence-electron chi connectivity index (χ4n) is 3.32. The molecule has 2 aliphatic rings. The predicted octanol–water partition coefficient (Wildman–Crippen LogP) is 2.24. The summed E-state index contributed by atoms with van der Waals surface area (Å²) < 4.78 is 0. The van der Waals surface area contributed by atoms with Crippen LogP contribution in [0.4, 0.5) is 0 Å². The summed E-state index contributed by atoms with van der Waals surface area (Å²) in [5.74, 6) is 0. The first-order chi connectivity index (χ1) is 8.22. The monoisotopic (exact) mass is 235 g/mol. The molecule has 2 unspecified atom stereocenters. The molecule has 2 atom stereocenters. The van der Waals surface area contributed by atoms with Crippen LogP contribution in [0.1, 0.15) is 45.4 Å². The zero-order chi connectivity index (χ0) is 12.3. The fraction of sp³-hybridized carbons (Fsp3) is 0.929. The largest absolute Gasteiger partial charge is 0.299 e. The molecule has 0 radical (unpaired) electrons. The molecule has 0 N–H and O–H groups in total. The maximum Gasteiger partial charge on any atom is 0.0638 e. The van der Waals surface area contributed by atoms with Crippen LogP contribution in [0.3, 0.4) is 0 Å². The van der Waals surface area contributed by atoms with E-state index in [0.717, 1.165) is 12.6 Å². The standard InChI is InChI=1S/C14H25N3/c1-12-8-10-17(13-5-3-4-6-13)11-14(7-9-15)16(12)2/h12-14H,3-8,10-11H2,1-2H3. The average molecular weight is 235 g/mol. The van der Waals surface area contributed by atoms with Crippen LogP contribution in [0.25, 0.3) is 0 Å². The lowest BCUT2D eigenvalue weighted by Gasteiger charge is -2.32. The van der Waals surface area contributed by atoms with E-state index >= 15 is 0 Å². The van der Waals surface area contributed by atoms with Gasteiger partial charge >= 0.3 is 0 Å². The lowest BCUT2D eigenvalue weighted by atomic mass is 10.1. The second-order valence-corrected chi connectivity index (χ2v) is 5.75. The van der Waals surface area contributed by atoms with Crippen molar-refractivity contribution in [1.29, 1.82) is 5.26 Å². The third kappa shape index (κ3) is 3.00. The zero-order valence-electron chi connectivity index (χ0n) is 11.2.